The Morgan fingerprint density at radius 1 is 1.22 bits per heavy atom. The van der Waals surface area contributed by atoms with Gasteiger partial charge in [-0.15, -0.1) is 0 Å². The Labute approximate surface area is 193 Å². The normalized spacial score (nSPS) is 12.7. The molecule has 166 valence electrons. The number of carboxylic acid groups (broad SMARTS) is 1. The fraction of sp³-hybridized carbons (Fsp3) is 0.136. The molecule has 10 heteroatoms. The number of aromatic nitrogens is 2. The number of carbonyl (C=O) groups is 2. The lowest BCUT2D eigenvalue weighted by molar-refractivity contribution is -0.144. The summed E-state index contributed by atoms with van der Waals surface area (Å²) in [5.41, 5.74) is 2.02. The molecule has 8 nitrogen and oxygen atoms in total. The fourth-order valence-electron chi connectivity index (χ4n) is 2.66. The van der Waals surface area contributed by atoms with Crippen molar-refractivity contribution >= 4 is 57.7 Å². The van der Waals surface area contributed by atoms with Crippen LogP contribution in [-0.2, 0) is 14.3 Å². The first-order chi connectivity index (χ1) is 15.3. The largest absolute Gasteiger partial charge is 0.491 e. The number of methoxy groups -OCH3 is 1. The first-order valence-corrected chi connectivity index (χ1v) is 10.1. The lowest BCUT2D eigenvalue weighted by Gasteiger charge is -2.10. The van der Waals surface area contributed by atoms with Crippen LogP contribution in [0, 0.1) is 0 Å². The Hall–Kier alpha value is -3.49. The van der Waals surface area contributed by atoms with E-state index >= 15 is 0 Å². The van der Waals surface area contributed by atoms with E-state index in [0.717, 1.165) is 16.6 Å². The molecule has 1 aromatic carbocycles. The van der Waals surface area contributed by atoms with E-state index in [1.807, 2.05) is 6.07 Å². The van der Waals surface area contributed by atoms with Crippen molar-refractivity contribution in [3.63, 3.8) is 0 Å². The van der Waals surface area contributed by atoms with Crippen LogP contribution in [0.25, 0.3) is 17.0 Å². The van der Waals surface area contributed by atoms with Gasteiger partial charge in [-0.25, -0.2) is 9.78 Å². The summed E-state index contributed by atoms with van der Waals surface area (Å²) in [7, 11) is 1.38. The molecule has 1 atom stereocenters. The van der Waals surface area contributed by atoms with E-state index in [9.17, 15) is 9.59 Å². The summed E-state index contributed by atoms with van der Waals surface area (Å²) in [6.07, 6.45) is 5.26. The molecule has 0 saturated carbocycles. The van der Waals surface area contributed by atoms with Crippen LogP contribution in [0.4, 0.5) is 5.69 Å². The molecule has 3 aromatic rings. The number of allylic oxidation sites excluding steroid dienone is 2. The van der Waals surface area contributed by atoms with E-state index in [1.165, 1.54) is 32.4 Å². The number of aliphatic carboxylic acids is 1. The van der Waals surface area contributed by atoms with Gasteiger partial charge in [0, 0.05) is 22.7 Å². The van der Waals surface area contributed by atoms with Crippen molar-refractivity contribution in [1.29, 1.82) is 0 Å². The molecule has 0 bridgehead atoms. The molecule has 0 unspecified atom stereocenters. The van der Waals surface area contributed by atoms with E-state index in [1.54, 1.807) is 30.4 Å². The maximum Gasteiger partial charge on any atom is 0.344 e. The number of nitrogens with one attached hydrogen (secondary N) is 2. The summed E-state index contributed by atoms with van der Waals surface area (Å²) in [5.74, 6) is -1.39. The van der Waals surface area contributed by atoms with Crippen LogP contribution in [0.15, 0.2) is 54.4 Å². The van der Waals surface area contributed by atoms with Gasteiger partial charge in [-0.05, 0) is 43.3 Å². The van der Waals surface area contributed by atoms with Crippen molar-refractivity contribution in [2.24, 2.45) is 0 Å². The molecule has 3 rings (SSSR count). The first kappa shape index (κ1) is 23.2. The lowest BCUT2D eigenvalue weighted by atomic mass is 10.2. The van der Waals surface area contributed by atoms with Crippen LogP contribution >= 0.6 is 23.2 Å². The number of H-pyrrole nitrogens is 1. The van der Waals surface area contributed by atoms with Gasteiger partial charge in [-0.3, -0.25) is 4.79 Å². The van der Waals surface area contributed by atoms with Gasteiger partial charge in [0.1, 0.15) is 0 Å². The number of hydrogen-bond acceptors (Lipinski definition) is 5. The van der Waals surface area contributed by atoms with E-state index in [4.69, 9.17) is 37.8 Å². The highest BCUT2D eigenvalue weighted by atomic mass is 35.5. The maximum absolute atomic E-state index is 12.4. The summed E-state index contributed by atoms with van der Waals surface area (Å²) in [6, 6.07) is 8.41. The van der Waals surface area contributed by atoms with Crippen LogP contribution in [-0.4, -0.2) is 40.2 Å². The molecule has 0 fully saturated rings. The quantitative estimate of drug-likeness (QED) is 0.242. The Balaban J connectivity index is 1.65. The second-order valence-electron chi connectivity index (χ2n) is 6.61. The summed E-state index contributed by atoms with van der Waals surface area (Å²) in [4.78, 5) is 30.4. The van der Waals surface area contributed by atoms with Gasteiger partial charge in [-0.1, -0.05) is 29.3 Å². The number of rotatable bonds is 8. The van der Waals surface area contributed by atoms with E-state index < -0.39 is 18.0 Å². The second-order valence-corrected chi connectivity index (χ2v) is 7.42. The number of amides is 1. The van der Waals surface area contributed by atoms with Crippen molar-refractivity contribution in [3.8, 4) is 5.88 Å². The third-order valence-electron chi connectivity index (χ3n) is 4.29. The van der Waals surface area contributed by atoms with Gasteiger partial charge in [0.25, 0.3) is 5.91 Å². The van der Waals surface area contributed by atoms with Crippen LogP contribution in [0.3, 0.4) is 0 Å². The van der Waals surface area contributed by atoms with Gasteiger partial charge < -0.3 is 24.9 Å². The number of hydrogen-bond donors (Lipinski definition) is 3. The molecule has 2 heterocycles. The number of aromatic amines is 1. The highest BCUT2D eigenvalue weighted by molar-refractivity contribution is 6.42. The summed E-state index contributed by atoms with van der Waals surface area (Å²) in [5, 5.41) is 13.3. The Morgan fingerprint density at radius 2 is 1.97 bits per heavy atom. The topological polar surface area (TPSA) is 114 Å². The van der Waals surface area contributed by atoms with Crippen LogP contribution < -0.4 is 10.1 Å². The number of nitrogens with zero attached hydrogens (tertiary/aromatic N) is 1. The molecule has 0 radical (unpaired) electrons. The smallest absolute Gasteiger partial charge is 0.344 e. The Kier molecular flexibility index (Phi) is 7.40. The number of fused-ring (bicyclic) bond motifs is 1. The van der Waals surface area contributed by atoms with Crippen LogP contribution in [0.5, 0.6) is 5.88 Å². The average Bonchev–Trinajstić information content (AvgIpc) is 3.14. The SMILES string of the molecule is COC(=CC=Cc1cc2cc(Cl)c(Cl)cc2[nH]1)C(=O)Nc1ccc(O[C@@H](C)C(=O)O)nc1. The van der Waals surface area contributed by atoms with Gasteiger partial charge in [0.05, 0.1) is 29.0 Å². The predicted molar refractivity (Wildman–Crippen MR) is 123 cm³/mol. The van der Waals surface area contributed by atoms with Crippen molar-refractivity contribution in [1.82, 2.24) is 9.97 Å². The Morgan fingerprint density at radius 3 is 2.62 bits per heavy atom. The molecule has 0 aliphatic heterocycles. The molecular formula is C22H19Cl2N3O5. The third kappa shape index (κ3) is 5.81. The zero-order valence-electron chi connectivity index (χ0n) is 17.1. The van der Waals surface area contributed by atoms with Gasteiger partial charge in [0.2, 0.25) is 5.88 Å². The highest BCUT2D eigenvalue weighted by Crippen LogP contribution is 2.28. The summed E-state index contributed by atoms with van der Waals surface area (Å²) in [6.45, 7) is 1.39. The molecule has 0 aliphatic carbocycles. The lowest BCUT2D eigenvalue weighted by Crippen LogP contribution is -2.23. The number of benzene rings is 1. The zero-order chi connectivity index (χ0) is 23.3. The first-order valence-electron chi connectivity index (χ1n) is 9.34. The van der Waals surface area contributed by atoms with Gasteiger partial charge in [0.15, 0.2) is 11.9 Å². The van der Waals surface area contributed by atoms with E-state index in [0.29, 0.717) is 15.7 Å². The monoisotopic (exact) mass is 475 g/mol. The molecule has 2 aromatic heterocycles. The number of anilines is 1. The molecule has 32 heavy (non-hydrogen) atoms. The van der Waals surface area contributed by atoms with Crippen molar-refractivity contribution in [3.05, 3.63) is 70.2 Å². The van der Waals surface area contributed by atoms with Crippen LogP contribution in [0.2, 0.25) is 10.0 Å². The molecular weight excluding hydrogens is 457 g/mol. The van der Waals surface area contributed by atoms with Crippen LogP contribution in [0.1, 0.15) is 12.6 Å². The predicted octanol–water partition coefficient (Wildman–Crippen LogP) is 4.90. The van der Waals surface area contributed by atoms with Crippen molar-refractivity contribution in [2.75, 3.05) is 12.4 Å². The summed E-state index contributed by atoms with van der Waals surface area (Å²) < 4.78 is 10.3. The average molecular weight is 476 g/mol. The fourth-order valence-corrected chi connectivity index (χ4v) is 3.00. The minimum absolute atomic E-state index is 0.0725. The van der Waals surface area contributed by atoms with E-state index in [-0.39, 0.29) is 11.6 Å². The number of ether oxygens (including phenoxy) is 2. The minimum atomic E-state index is -1.10. The minimum Gasteiger partial charge on any atom is -0.491 e. The number of carboxylic acids is 1. The molecule has 0 spiro atoms. The molecule has 0 saturated heterocycles. The Bertz CT molecular complexity index is 1160. The van der Waals surface area contributed by atoms with E-state index in [2.05, 4.69) is 15.3 Å². The number of halogens is 2. The zero-order valence-corrected chi connectivity index (χ0v) is 18.6. The van der Waals surface area contributed by atoms with Crippen molar-refractivity contribution < 1.29 is 24.2 Å². The van der Waals surface area contributed by atoms with Crippen molar-refractivity contribution in [2.45, 2.75) is 13.0 Å². The highest BCUT2D eigenvalue weighted by Gasteiger charge is 2.14. The molecule has 0 aliphatic rings. The standard InChI is InChI=1S/C22H19Cl2N3O5/c1-12(22(29)30)32-20-7-6-15(11-25-20)27-21(28)19(31-2)5-3-4-14-8-13-9-16(23)17(24)10-18(13)26-14/h3-12,26H,1-2H3,(H,27,28)(H,29,30)/t12-/m0/s1. The molecule has 1 amide bonds. The maximum atomic E-state index is 12.4. The summed E-state index contributed by atoms with van der Waals surface area (Å²) >= 11 is 12.1. The number of carbonyl (C=O) groups excluding carboxylic acids is 1. The second kappa shape index (κ2) is 10.2. The number of pyridine rings is 1. The third-order valence-corrected chi connectivity index (χ3v) is 5.01. The van der Waals surface area contributed by atoms with Gasteiger partial charge in [-0.2, -0.15) is 0 Å². The van der Waals surface area contributed by atoms with Gasteiger partial charge >= 0.3 is 5.97 Å². The molecule has 3 N–H and O–H groups in total.